The Morgan fingerprint density at radius 1 is 1.28 bits per heavy atom. The van der Waals surface area contributed by atoms with E-state index >= 15 is 0 Å². The van der Waals surface area contributed by atoms with Crippen molar-refractivity contribution < 1.29 is 24.1 Å². The van der Waals surface area contributed by atoms with E-state index in [1.807, 2.05) is 0 Å². The molecule has 3 aromatic rings. The normalized spacial score (nSPS) is 11.2. The van der Waals surface area contributed by atoms with E-state index in [0.717, 1.165) is 15.9 Å². The van der Waals surface area contributed by atoms with Crippen LogP contribution in [0.4, 0.5) is 4.39 Å². The molecule has 3 rings (SSSR count). The second-order valence-electron chi connectivity index (χ2n) is 9.59. The van der Waals surface area contributed by atoms with Crippen LogP contribution >= 0.6 is 11.3 Å². The topological polar surface area (TPSA) is 147 Å². The van der Waals surface area contributed by atoms with Crippen LogP contribution in [0.5, 0.6) is 5.75 Å². The Kier molecular flexibility index (Phi) is 11.0. The largest absolute Gasteiger partial charge is 0.496 e. The summed E-state index contributed by atoms with van der Waals surface area (Å²) in [5.74, 6) is -0.414. The fourth-order valence-corrected chi connectivity index (χ4v) is 5.17. The Hall–Kier alpha value is -3.53. The number of rotatable bonds is 9. The Morgan fingerprint density at radius 3 is 2.46 bits per heavy atom. The van der Waals surface area contributed by atoms with Crippen molar-refractivity contribution in [3.05, 3.63) is 60.9 Å². The van der Waals surface area contributed by atoms with Gasteiger partial charge in [0.2, 0.25) is 5.91 Å². The quantitative estimate of drug-likeness (QED) is 0.363. The van der Waals surface area contributed by atoms with E-state index < -0.39 is 28.5 Å². The summed E-state index contributed by atoms with van der Waals surface area (Å²) in [5.41, 5.74) is -1.58. The van der Waals surface area contributed by atoms with Crippen molar-refractivity contribution in [1.82, 2.24) is 14.5 Å². The molecule has 0 aliphatic rings. The van der Waals surface area contributed by atoms with Gasteiger partial charge < -0.3 is 20.3 Å². The van der Waals surface area contributed by atoms with Crippen LogP contribution in [0.25, 0.3) is 10.2 Å². The van der Waals surface area contributed by atoms with Crippen LogP contribution in [0.15, 0.2) is 27.8 Å². The summed E-state index contributed by atoms with van der Waals surface area (Å²) in [5, 5.41) is 28.3. The van der Waals surface area contributed by atoms with Crippen molar-refractivity contribution in [2.75, 3.05) is 13.7 Å². The molecule has 0 radical (unpaired) electrons. The Bertz CT molecular complexity index is 1480. The van der Waals surface area contributed by atoms with Gasteiger partial charge in [-0.25, -0.2) is 13.8 Å². The maximum atomic E-state index is 13.9. The number of ether oxygens (including phenoxy) is 1. The van der Waals surface area contributed by atoms with Gasteiger partial charge in [0.05, 0.1) is 38.2 Å². The predicted molar refractivity (Wildman–Crippen MR) is 148 cm³/mol. The van der Waals surface area contributed by atoms with Gasteiger partial charge in [0.1, 0.15) is 21.9 Å². The van der Waals surface area contributed by atoms with Gasteiger partial charge in [-0.2, -0.15) is 5.26 Å². The van der Waals surface area contributed by atoms with Gasteiger partial charge in [0.15, 0.2) is 0 Å². The summed E-state index contributed by atoms with van der Waals surface area (Å²) >= 11 is 1.16. The van der Waals surface area contributed by atoms with Gasteiger partial charge in [-0.15, -0.1) is 11.3 Å². The standard InChI is InChI=1S/C24H30FN3O5S.C3H5NO/c1-13(2)26-22(31)24(4,5)28-20(30)19-14(3)18(12-29)34-21(19)27(23(28)32)10-9-15-11-16(25)7-8-17(15)33-6;4-2-1-3-5/h7-8,11,13,29H,9-10,12H2,1-6H3,(H,26,31);5H,1,3H2. The van der Waals surface area contributed by atoms with E-state index in [2.05, 4.69) is 5.32 Å². The van der Waals surface area contributed by atoms with Crippen molar-refractivity contribution in [2.45, 2.75) is 72.2 Å². The number of amides is 1. The third-order valence-electron chi connectivity index (χ3n) is 6.06. The molecule has 2 heterocycles. The minimum Gasteiger partial charge on any atom is -0.496 e. The molecule has 12 heteroatoms. The fraction of sp³-hybridized carbons (Fsp3) is 0.481. The lowest BCUT2D eigenvalue weighted by Crippen LogP contribution is -2.56. The number of fused-ring (bicyclic) bond motifs is 1. The maximum absolute atomic E-state index is 13.9. The summed E-state index contributed by atoms with van der Waals surface area (Å²) in [4.78, 5) is 41.1. The molecular formula is C27H35FN4O6S. The van der Waals surface area contributed by atoms with Crippen molar-refractivity contribution in [3.8, 4) is 11.8 Å². The Balaban J connectivity index is 0.000000976. The highest BCUT2D eigenvalue weighted by molar-refractivity contribution is 7.18. The first-order chi connectivity index (χ1) is 18.3. The number of thiophene rings is 1. The fourth-order valence-electron chi connectivity index (χ4n) is 4.00. The molecule has 10 nitrogen and oxygen atoms in total. The van der Waals surface area contributed by atoms with Crippen molar-refractivity contribution in [3.63, 3.8) is 0 Å². The van der Waals surface area contributed by atoms with Crippen LogP contribution in [0.3, 0.4) is 0 Å². The second kappa shape index (κ2) is 13.5. The number of carbonyl (C=O) groups is 1. The number of benzene rings is 1. The summed E-state index contributed by atoms with van der Waals surface area (Å²) in [7, 11) is 1.48. The number of aryl methyl sites for hydroxylation is 3. The summed E-state index contributed by atoms with van der Waals surface area (Å²) in [6.07, 6.45) is 0.498. The number of halogens is 1. The zero-order valence-electron chi connectivity index (χ0n) is 23.0. The molecular weight excluding hydrogens is 527 g/mol. The van der Waals surface area contributed by atoms with Gasteiger partial charge >= 0.3 is 5.69 Å². The molecule has 0 aliphatic carbocycles. The first-order valence-corrected chi connectivity index (χ1v) is 13.2. The first kappa shape index (κ1) is 31.7. The van der Waals surface area contributed by atoms with Gasteiger partial charge in [-0.3, -0.25) is 14.2 Å². The van der Waals surface area contributed by atoms with Gasteiger partial charge in [0, 0.05) is 17.5 Å². The molecule has 0 spiro atoms. The molecule has 2 aromatic heterocycles. The predicted octanol–water partition coefficient (Wildman–Crippen LogP) is 2.57. The number of aromatic nitrogens is 2. The third-order valence-corrected chi connectivity index (χ3v) is 7.36. The highest BCUT2D eigenvalue weighted by Crippen LogP contribution is 2.29. The number of carbonyl (C=O) groups excluding carboxylic acids is 1. The van der Waals surface area contributed by atoms with E-state index in [1.54, 1.807) is 26.8 Å². The van der Waals surface area contributed by atoms with Crippen molar-refractivity contribution in [1.29, 1.82) is 5.26 Å². The summed E-state index contributed by atoms with van der Waals surface area (Å²) in [6, 6.07) is 5.73. The second-order valence-corrected chi connectivity index (χ2v) is 10.7. The lowest BCUT2D eigenvalue weighted by atomic mass is 10.0. The minimum atomic E-state index is -1.47. The molecule has 0 bridgehead atoms. The maximum Gasteiger partial charge on any atom is 0.333 e. The Labute approximate surface area is 229 Å². The molecule has 1 amide bonds. The number of nitriles is 1. The molecule has 0 saturated carbocycles. The van der Waals surface area contributed by atoms with Crippen LogP contribution in [0, 0.1) is 24.1 Å². The minimum absolute atomic E-state index is 0.0174. The lowest BCUT2D eigenvalue weighted by Gasteiger charge is -2.27. The van der Waals surface area contributed by atoms with E-state index in [9.17, 15) is 23.9 Å². The lowest BCUT2D eigenvalue weighted by molar-refractivity contribution is -0.129. The van der Waals surface area contributed by atoms with Crippen molar-refractivity contribution >= 4 is 27.5 Å². The first-order valence-electron chi connectivity index (χ1n) is 12.4. The summed E-state index contributed by atoms with van der Waals surface area (Å²) < 4.78 is 21.6. The number of aliphatic hydroxyl groups is 2. The number of nitrogens with one attached hydrogen (secondary N) is 1. The number of nitrogens with zero attached hydrogens (tertiary/aromatic N) is 3. The number of methoxy groups -OCH3 is 1. The highest BCUT2D eigenvalue weighted by atomic mass is 32.1. The molecule has 39 heavy (non-hydrogen) atoms. The number of hydrogen-bond acceptors (Lipinski definition) is 8. The smallest absolute Gasteiger partial charge is 0.333 e. The Morgan fingerprint density at radius 2 is 1.95 bits per heavy atom. The highest BCUT2D eigenvalue weighted by Gasteiger charge is 2.35. The average Bonchev–Trinajstić information content (AvgIpc) is 3.20. The van der Waals surface area contributed by atoms with Crippen molar-refractivity contribution in [2.24, 2.45) is 0 Å². The molecule has 3 N–H and O–H groups in total. The van der Waals surface area contributed by atoms with Crippen LogP contribution in [-0.2, 0) is 29.9 Å². The van der Waals surface area contributed by atoms with Crippen LogP contribution in [0.1, 0.15) is 50.1 Å². The molecule has 212 valence electrons. The molecule has 0 unspecified atom stereocenters. The molecule has 0 saturated heterocycles. The van der Waals surface area contributed by atoms with Crippen LogP contribution < -0.4 is 21.3 Å². The van der Waals surface area contributed by atoms with Gasteiger partial charge in [-0.1, -0.05) is 0 Å². The van der Waals surface area contributed by atoms with E-state index in [1.165, 1.54) is 43.7 Å². The zero-order chi connectivity index (χ0) is 29.5. The molecule has 0 fully saturated rings. The third kappa shape index (κ3) is 6.92. The van der Waals surface area contributed by atoms with E-state index in [4.69, 9.17) is 15.1 Å². The summed E-state index contributed by atoms with van der Waals surface area (Å²) in [6.45, 7) is 8.15. The number of aliphatic hydroxyl groups excluding tert-OH is 2. The van der Waals surface area contributed by atoms with E-state index in [-0.39, 0.29) is 44.0 Å². The van der Waals surface area contributed by atoms with E-state index in [0.29, 0.717) is 26.6 Å². The zero-order valence-corrected chi connectivity index (χ0v) is 23.8. The van der Waals surface area contributed by atoms with Crippen LogP contribution in [0.2, 0.25) is 0 Å². The molecule has 0 aliphatic heterocycles. The van der Waals surface area contributed by atoms with Crippen LogP contribution in [-0.4, -0.2) is 45.0 Å². The molecule has 1 aromatic carbocycles. The average molecular weight is 563 g/mol. The number of hydrogen-bond donors (Lipinski definition) is 3. The SMILES string of the molecule is COc1ccc(F)cc1CCn1c(=O)n(C(C)(C)C(=O)NC(C)C)c(=O)c2c(C)c(CO)sc21.N#CCCO. The van der Waals surface area contributed by atoms with Gasteiger partial charge in [0.25, 0.3) is 5.56 Å². The van der Waals surface area contributed by atoms with Gasteiger partial charge in [-0.05, 0) is 70.4 Å². The monoisotopic (exact) mass is 562 g/mol. The molecule has 0 atom stereocenters.